The van der Waals surface area contributed by atoms with Crippen LogP contribution < -0.4 is 5.43 Å². The number of anilines is 1. The molecule has 1 aromatic carbocycles. The first-order valence-electron chi connectivity index (χ1n) is 6.22. The van der Waals surface area contributed by atoms with Gasteiger partial charge in [0.2, 0.25) is 0 Å². The molecule has 1 saturated heterocycles. The summed E-state index contributed by atoms with van der Waals surface area (Å²) in [6.45, 7) is 1.44. The fourth-order valence-electron chi connectivity index (χ4n) is 2.15. The summed E-state index contributed by atoms with van der Waals surface area (Å²) in [6, 6.07) is 1.60. The van der Waals surface area contributed by atoms with E-state index in [4.69, 9.17) is 5.11 Å². The second-order valence-corrected chi connectivity index (χ2v) is 4.57. The summed E-state index contributed by atoms with van der Waals surface area (Å²) in [4.78, 5) is 20.8. The molecule has 108 valence electrons. The van der Waals surface area contributed by atoms with Gasteiger partial charge in [-0.1, -0.05) is 6.42 Å². The third-order valence-corrected chi connectivity index (χ3v) is 3.15. The van der Waals surface area contributed by atoms with Gasteiger partial charge in [-0.05, 0) is 18.9 Å². The van der Waals surface area contributed by atoms with Crippen molar-refractivity contribution in [3.05, 3.63) is 33.6 Å². The lowest BCUT2D eigenvalue weighted by atomic mass is 10.1. The van der Waals surface area contributed by atoms with Crippen LogP contribution in [0.5, 0.6) is 0 Å². The molecule has 20 heavy (non-hydrogen) atoms. The predicted octanol–water partition coefficient (Wildman–Crippen LogP) is 2.24. The van der Waals surface area contributed by atoms with Crippen molar-refractivity contribution in [2.45, 2.75) is 19.3 Å². The molecule has 0 atom stereocenters. The Labute approximate surface area is 114 Å². The molecular formula is C12H14FN3O4. The van der Waals surface area contributed by atoms with Crippen molar-refractivity contribution in [3.63, 3.8) is 0 Å². The fraction of sp³-hybridized carbons (Fsp3) is 0.417. The highest BCUT2D eigenvalue weighted by Crippen LogP contribution is 2.27. The molecule has 1 aromatic rings. The minimum atomic E-state index is -1.46. The highest BCUT2D eigenvalue weighted by atomic mass is 19.1. The first-order valence-corrected chi connectivity index (χ1v) is 6.22. The molecule has 2 N–H and O–H groups in total. The number of aromatic carboxylic acids is 1. The minimum Gasteiger partial charge on any atom is -0.477 e. The number of rotatable bonds is 4. The van der Waals surface area contributed by atoms with E-state index in [0.717, 1.165) is 38.4 Å². The van der Waals surface area contributed by atoms with Crippen LogP contribution in [0.4, 0.5) is 15.8 Å². The van der Waals surface area contributed by atoms with Crippen LogP contribution in [0.25, 0.3) is 0 Å². The molecule has 0 saturated carbocycles. The van der Waals surface area contributed by atoms with Gasteiger partial charge in [-0.2, -0.15) is 0 Å². The van der Waals surface area contributed by atoms with Gasteiger partial charge in [0.25, 0.3) is 5.69 Å². The third kappa shape index (κ3) is 3.02. The molecule has 0 aliphatic carbocycles. The molecule has 0 amide bonds. The number of hydrogen-bond donors (Lipinski definition) is 2. The van der Waals surface area contributed by atoms with Crippen molar-refractivity contribution in [3.8, 4) is 0 Å². The maximum Gasteiger partial charge on any atom is 0.342 e. The Kier molecular flexibility index (Phi) is 4.14. The van der Waals surface area contributed by atoms with Gasteiger partial charge in [-0.15, -0.1) is 0 Å². The normalized spacial score (nSPS) is 15.8. The molecule has 8 heteroatoms. The lowest BCUT2D eigenvalue weighted by molar-refractivity contribution is -0.385. The number of carbonyl (C=O) groups is 1. The maximum atomic E-state index is 13.8. The number of benzene rings is 1. The zero-order valence-corrected chi connectivity index (χ0v) is 10.6. The Bertz CT molecular complexity index is 544. The number of nitrogens with one attached hydrogen (secondary N) is 1. The van der Waals surface area contributed by atoms with E-state index in [2.05, 4.69) is 5.43 Å². The van der Waals surface area contributed by atoms with Crippen molar-refractivity contribution >= 4 is 17.3 Å². The number of nitro benzene ring substituents is 1. The molecule has 1 fully saturated rings. The van der Waals surface area contributed by atoms with E-state index in [0.29, 0.717) is 6.07 Å². The largest absolute Gasteiger partial charge is 0.477 e. The zero-order valence-electron chi connectivity index (χ0n) is 10.6. The van der Waals surface area contributed by atoms with Crippen LogP contribution in [-0.2, 0) is 0 Å². The van der Waals surface area contributed by atoms with Gasteiger partial charge in [0, 0.05) is 13.1 Å². The molecule has 0 spiro atoms. The van der Waals surface area contributed by atoms with Crippen LogP contribution in [0.15, 0.2) is 12.1 Å². The number of halogens is 1. The van der Waals surface area contributed by atoms with Crippen LogP contribution in [0, 0.1) is 15.9 Å². The van der Waals surface area contributed by atoms with Crippen LogP contribution in [0.3, 0.4) is 0 Å². The molecule has 1 aliphatic rings. The summed E-state index contributed by atoms with van der Waals surface area (Å²) >= 11 is 0. The molecule has 0 radical (unpaired) electrons. The number of hydrogen-bond acceptors (Lipinski definition) is 5. The second-order valence-electron chi connectivity index (χ2n) is 4.57. The average molecular weight is 283 g/mol. The van der Waals surface area contributed by atoms with E-state index in [-0.39, 0.29) is 5.69 Å². The highest BCUT2D eigenvalue weighted by Gasteiger charge is 2.24. The lowest BCUT2D eigenvalue weighted by Gasteiger charge is -2.28. The van der Waals surface area contributed by atoms with Gasteiger partial charge in [-0.25, -0.2) is 14.2 Å². The van der Waals surface area contributed by atoms with Crippen molar-refractivity contribution in [2.24, 2.45) is 0 Å². The van der Waals surface area contributed by atoms with Crippen LogP contribution in [-0.4, -0.2) is 34.1 Å². The van der Waals surface area contributed by atoms with Crippen LogP contribution >= 0.6 is 0 Å². The topological polar surface area (TPSA) is 95.7 Å². The summed E-state index contributed by atoms with van der Waals surface area (Å²) in [6.07, 6.45) is 3.03. The van der Waals surface area contributed by atoms with Gasteiger partial charge >= 0.3 is 5.97 Å². The molecule has 0 aromatic heterocycles. The lowest BCUT2D eigenvalue weighted by Crippen LogP contribution is -2.35. The SMILES string of the molecule is O=C(O)c1cc(NN2CCCCC2)c(F)cc1[N+](=O)[O-]. The standard InChI is InChI=1S/C12H14FN3O4/c13-9-7-11(16(19)20)8(12(17)18)6-10(9)14-15-4-2-1-3-5-15/h6-7,14H,1-5H2,(H,17,18). The Morgan fingerprint density at radius 3 is 2.55 bits per heavy atom. The quantitative estimate of drug-likeness (QED) is 0.650. The number of carboxylic acid groups (broad SMARTS) is 1. The molecule has 1 aliphatic heterocycles. The number of hydrazine groups is 1. The Morgan fingerprint density at radius 1 is 1.35 bits per heavy atom. The monoisotopic (exact) mass is 283 g/mol. The number of nitro groups is 1. The molecular weight excluding hydrogens is 269 g/mol. The molecule has 2 rings (SSSR count). The maximum absolute atomic E-state index is 13.8. The summed E-state index contributed by atoms with van der Waals surface area (Å²) in [5, 5.41) is 21.5. The number of carboxylic acids is 1. The smallest absolute Gasteiger partial charge is 0.342 e. The van der Waals surface area contributed by atoms with E-state index in [9.17, 15) is 19.3 Å². The Morgan fingerprint density at radius 2 is 2.00 bits per heavy atom. The number of piperidine rings is 1. The number of nitrogens with zero attached hydrogens (tertiary/aromatic N) is 2. The van der Waals surface area contributed by atoms with E-state index in [1.54, 1.807) is 5.01 Å². The van der Waals surface area contributed by atoms with Crippen molar-refractivity contribution < 1.29 is 19.2 Å². The van der Waals surface area contributed by atoms with Crippen molar-refractivity contribution in [1.29, 1.82) is 0 Å². The molecule has 0 bridgehead atoms. The van der Waals surface area contributed by atoms with E-state index >= 15 is 0 Å². The van der Waals surface area contributed by atoms with E-state index in [1.165, 1.54) is 0 Å². The van der Waals surface area contributed by atoms with Gasteiger partial charge < -0.3 is 10.5 Å². The van der Waals surface area contributed by atoms with Gasteiger partial charge in [-0.3, -0.25) is 10.1 Å². The summed E-state index contributed by atoms with van der Waals surface area (Å²) in [5.41, 5.74) is 1.44. The average Bonchev–Trinajstić information content (AvgIpc) is 2.41. The van der Waals surface area contributed by atoms with E-state index < -0.39 is 28.0 Å². The summed E-state index contributed by atoms with van der Waals surface area (Å²) in [7, 11) is 0. The first kappa shape index (κ1) is 14.2. The van der Waals surface area contributed by atoms with Gasteiger partial charge in [0.05, 0.1) is 16.7 Å². The summed E-state index contributed by atoms with van der Waals surface area (Å²) in [5.74, 6) is -2.30. The molecule has 7 nitrogen and oxygen atoms in total. The molecule has 0 unspecified atom stereocenters. The van der Waals surface area contributed by atoms with Gasteiger partial charge in [0.15, 0.2) is 5.82 Å². The fourth-order valence-corrected chi connectivity index (χ4v) is 2.15. The first-order chi connectivity index (χ1) is 9.49. The van der Waals surface area contributed by atoms with E-state index in [1.807, 2.05) is 0 Å². The predicted molar refractivity (Wildman–Crippen MR) is 69.1 cm³/mol. The summed E-state index contributed by atoms with van der Waals surface area (Å²) < 4.78 is 13.8. The third-order valence-electron chi connectivity index (χ3n) is 3.15. The Hall–Kier alpha value is -2.22. The second kappa shape index (κ2) is 5.83. The zero-order chi connectivity index (χ0) is 14.7. The highest BCUT2D eigenvalue weighted by molar-refractivity contribution is 5.93. The van der Waals surface area contributed by atoms with Crippen molar-refractivity contribution in [2.75, 3.05) is 18.5 Å². The van der Waals surface area contributed by atoms with Crippen molar-refractivity contribution in [1.82, 2.24) is 5.01 Å². The minimum absolute atomic E-state index is 0.0603. The van der Waals surface area contributed by atoms with Crippen LogP contribution in [0.2, 0.25) is 0 Å². The van der Waals surface area contributed by atoms with Crippen LogP contribution in [0.1, 0.15) is 29.6 Å². The Balaban J connectivity index is 2.31. The van der Waals surface area contributed by atoms with Gasteiger partial charge in [0.1, 0.15) is 5.56 Å². The molecule has 1 heterocycles.